The summed E-state index contributed by atoms with van der Waals surface area (Å²) >= 11 is 0. The molecular weight excluding hydrogens is 507 g/mol. The van der Waals surface area contributed by atoms with E-state index < -0.39 is 4.92 Å². The Bertz CT molecular complexity index is 854. The molecule has 0 bridgehead atoms. The van der Waals surface area contributed by atoms with Gasteiger partial charge in [-0.15, -0.1) is 9.81 Å². The van der Waals surface area contributed by atoms with Gasteiger partial charge in [-0.1, -0.05) is 6.07 Å². The number of hydrogen-bond acceptors (Lipinski definition) is 12. The molecule has 191 valence electrons. The van der Waals surface area contributed by atoms with Crippen molar-refractivity contribution < 1.29 is 36.9 Å². The molecule has 0 saturated heterocycles. The first kappa shape index (κ1) is 33.4. The maximum absolute atomic E-state index is 10.5. The third kappa shape index (κ3) is 18.3. The van der Waals surface area contributed by atoms with Crippen LogP contribution in [0.25, 0.3) is 0 Å². The third-order valence-corrected chi connectivity index (χ3v) is 3.50. The number of rotatable bonds is 6. The van der Waals surface area contributed by atoms with Crippen LogP contribution in [0, 0.1) is 26.0 Å². The summed E-state index contributed by atoms with van der Waals surface area (Å²) in [6.07, 6.45) is 13.0. The van der Waals surface area contributed by atoms with Gasteiger partial charge >= 0.3 is 0 Å². The van der Waals surface area contributed by atoms with Crippen molar-refractivity contribution in [2.75, 3.05) is 0 Å². The van der Waals surface area contributed by atoms with Crippen molar-refractivity contribution in [3.63, 3.8) is 0 Å². The van der Waals surface area contributed by atoms with Crippen LogP contribution in [0.15, 0.2) is 96.1 Å². The summed E-state index contributed by atoms with van der Waals surface area (Å²) in [5.74, 6) is 0. The van der Waals surface area contributed by atoms with Gasteiger partial charge in [0.2, 0.25) is 0 Å². The van der Waals surface area contributed by atoms with Crippen LogP contribution in [0.2, 0.25) is 0 Å². The summed E-state index contributed by atoms with van der Waals surface area (Å²) in [6, 6.07) is 12.2. The van der Waals surface area contributed by atoms with Gasteiger partial charge in [-0.2, -0.15) is 6.42 Å². The monoisotopic (exact) mass is 532 g/mol. The van der Waals surface area contributed by atoms with E-state index in [1.165, 1.54) is 12.1 Å². The van der Waals surface area contributed by atoms with Crippen molar-refractivity contribution in [1.29, 1.82) is 0 Å². The minimum Gasteiger partial charge on any atom is -0.495 e. The number of nitroso groups, excluding NO2 is 2. The third-order valence-electron chi connectivity index (χ3n) is 3.50. The number of ether oxygens (including phenoxy) is 1. The zero-order valence-electron chi connectivity index (χ0n) is 18.5. The van der Waals surface area contributed by atoms with Crippen LogP contribution in [0.3, 0.4) is 0 Å². The number of hydrogen-bond donors (Lipinski definition) is 4. The Labute approximate surface area is 211 Å². The fourth-order valence-electron chi connectivity index (χ4n) is 2.13. The van der Waals surface area contributed by atoms with Crippen molar-refractivity contribution in [3.8, 4) is 0 Å². The Balaban J connectivity index is 0. The van der Waals surface area contributed by atoms with Crippen LogP contribution < -0.4 is 11.0 Å². The molecule has 0 amide bonds. The standard InChI is InChI=1S/C12H12NO3.C5H5N.2C2H4N2O2.Co/c1-9-3-2-4-12(16-9)10-5-7-11(8-6-10)13(14)15;1-2-4-6-5-3-1;2*5-3-1-2-4-6;/h3,5-9,12H,4H2,1H3;1-5H;2*1-3,5H;/q-1;;;;/b;;2*2-1-;/t9-,12+;;;;/m0..../s1. The van der Waals surface area contributed by atoms with Gasteiger partial charge in [0.1, 0.15) is 0 Å². The summed E-state index contributed by atoms with van der Waals surface area (Å²) < 4.78 is 5.68. The van der Waals surface area contributed by atoms with E-state index in [-0.39, 0.29) is 34.7 Å². The summed E-state index contributed by atoms with van der Waals surface area (Å²) in [4.78, 5) is 32.0. The average Bonchev–Trinajstić information content (AvgIpc) is 2.88. The van der Waals surface area contributed by atoms with E-state index in [1.54, 1.807) is 35.5 Å². The molecule has 0 spiro atoms. The van der Waals surface area contributed by atoms with Gasteiger partial charge in [0, 0.05) is 59.8 Å². The molecule has 0 aliphatic carbocycles. The SMILES string of the molecule is C[C@H]1C=[C-]C[C@H](c2ccc([N+](=O)[O-])cc2)O1.O=N/C=C\NO.O=N/C=C\NO.[Co].c1ccncc1. The minimum absolute atomic E-state index is 0. The van der Waals surface area contributed by atoms with Crippen molar-refractivity contribution in [2.45, 2.75) is 25.6 Å². The number of pyridine rings is 1. The second-order valence-corrected chi connectivity index (χ2v) is 5.88. The molecule has 1 aromatic carbocycles. The van der Waals surface area contributed by atoms with Crippen LogP contribution >= 0.6 is 0 Å². The van der Waals surface area contributed by atoms with E-state index in [1.807, 2.05) is 31.2 Å². The minimum atomic E-state index is -0.403. The number of nitrogens with one attached hydrogen (secondary N) is 2. The zero-order valence-corrected chi connectivity index (χ0v) is 19.5. The Morgan fingerprint density at radius 2 is 1.63 bits per heavy atom. The quantitative estimate of drug-likeness (QED) is 0.181. The van der Waals surface area contributed by atoms with Gasteiger partial charge in [0.15, 0.2) is 0 Å². The number of nitro benzene ring substituents is 1. The van der Waals surface area contributed by atoms with Crippen LogP contribution in [0.5, 0.6) is 0 Å². The van der Waals surface area contributed by atoms with Crippen LogP contribution in [-0.4, -0.2) is 26.4 Å². The molecule has 2 aromatic rings. The molecule has 0 unspecified atom stereocenters. The predicted octanol–water partition coefficient (Wildman–Crippen LogP) is 4.29. The molecule has 14 heteroatoms. The molecule has 3 rings (SSSR count). The maximum atomic E-state index is 10.5. The van der Waals surface area contributed by atoms with Crippen molar-refractivity contribution in [1.82, 2.24) is 15.9 Å². The first-order chi connectivity index (χ1) is 16.5. The van der Waals surface area contributed by atoms with Gasteiger partial charge in [-0.05, 0) is 47.1 Å². The first-order valence-electron chi connectivity index (χ1n) is 9.55. The van der Waals surface area contributed by atoms with Crippen LogP contribution in [0.4, 0.5) is 5.69 Å². The number of hydroxylamine groups is 2. The number of aromatic nitrogens is 1. The maximum Gasteiger partial charge on any atom is 0.269 e. The van der Waals surface area contributed by atoms with E-state index in [0.29, 0.717) is 6.42 Å². The number of benzene rings is 1. The molecular formula is C21H25CoN6O7-. The fraction of sp³-hybridized carbons (Fsp3) is 0.190. The van der Waals surface area contributed by atoms with E-state index >= 15 is 0 Å². The van der Waals surface area contributed by atoms with Gasteiger partial charge in [-0.3, -0.25) is 36.5 Å². The largest absolute Gasteiger partial charge is 0.495 e. The van der Waals surface area contributed by atoms with Gasteiger partial charge in [0.05, 0.1) is 23.4 Å². The van der Waals surface area contributed by atoms with Crippen molar-refractivity contribution in [2.24, 2.45) is 10.4 Å². The molecule has 2 atom stereocenters. The molecule has 1 aliphatic heterocycles. The Morgan fingerprint density at radius 3 is 1.94 bits per heavy atom. The molecule has 1 aromatic heterocycles. The molecule has 2 heterocycles. The Morgan fingerprint density at radius 1 is 1.09 bits per heavy atom. The second kappa shape index (κ2) is 23.3. The number of nitro groups is 1. The summed E-state index contributed by atoms with van der Waals surface area (Å²) in [6.45, 7) is 1.95. The van der Waals surface area contributed by atoms with Gasteiger partial charge in [0.25, 0.3) is 5.69 Å². The van der Waals surface area contributed by atoms with E-state index in [9.17, 15) is 10.1 Å². The zero-order chi connectivity index (χ0) is 25.4. The fourth-order valence-corrected chi connectivity index (χ4v) is 2.13. The van der Waals surface area contributed by atoms with Gasteiger partial charge < -0.3 is 10.8 Å². The van der Waals surface area contributed by atoms with E-state index in [0.717, 1.165) is 30.4 Å². The van der Waals surface area contributed by atoms with Gasteiger partial charge in [-0.25, -0.2) is 6.08 Å². The molecule has 35 heavy (non-hydrogen) atoms. The topological polar surface area (TPSA) is 189 Å². The predicted molar refractivity (Wildman–Crippen MR) is 123 cm³/mol. The first-order valence-corrected chi connectivity index (χ1v) is 9.55. The van der Waals surface area contributed by atoms with Crippen LogP contribution in [-0.2, 0) is 21.5 Å². The molecule has 13 nitrogen and oxygen atoms in total. The average molecular weight is 532 g/mol. The van der Waals surface area contributed by atoms with Crippen LogP contribution in [0.1, 0.15) is 25.0 Å². The summed E-state index contributed by atoms with van der Waals surface area (Å²) in [5.41, 5.74) is 4.25. The number of nitrogens with zero attached hydrogens (tertiary/aromatic N) is 4. The number of non-ortho nitro benzene ring substituents is 1. The summed E-state index contributed by atoms with van der Waals surface area (Å²) in [7, 11) is 0. The molecule has 1 aliphatic rings. The Hall–Kier alpha value is -3.82. The smallest absolute Gasteiger partial charge is 0.269 e. The van der Waals surface area contributed by atoms with Crippen molar-refractivity contribution >= 4 is 5.69 Å². The second-order valence-electron chi connectivity index (χ2n) is 5.88. The molecule has 4 N–H and O–H groups in total. The van der Waals surface area contributed by atoms with Crippen molar-refractivity contribution in [3.05, 3.63) is 117 Å². The van der Waals surface area contributed by atoms with E-state index in [4.69, 9.17) is 25.0 Å². The molecule has 0 saturated carbocycles. The molecule has 0 fully saturated rings. The summed E-state index contributed by atoms with van der Waals surface area (Å²) in [5, 5.41) is 30.4. The molecule has 1 radical (unpaired) electrons. The Kier molecular flexibility index (Phi) is 22.2. The normalized spacial score (nSPS) is 15.5. The van der Waals surface area contributed by atoms with E-state index in [2.05, 4.69) is 21.4 Å².